The van der Waals surface area contributed by atoms with Gasteiger partial charge >= 0.3 is 11.9 Å². The first-order valence-corrected chi connectivity index (χ1v) is 4.94. The van der Waals surface area contributed by atoms with Crippen molar-refractivity contribution < 1.29 is 24.6 Å². The van der Waals surface area contributed by atoms with Crippen molar-refractivity contribution in [2.45, 2.75) is 18.9 Å². The van der Waals surface area contributed by atoms with Gasteiger partial charge in [0.15, 0.2) is 0 Å². The summed E-state index contributed by atoms with van der Waals surface area (Å²) < 4.78 is 0. The molecule has 0 aromatic heterocycles. The molecule has 0 aliphatic heterocycles. The van der Waals surface area contributed by atoms with E-state index < -0.39 is 30.9 Å². The second kappa shape index (κ2) is 5.45. The number of aliphatic carboxylic acids is 2. The maximum absolute atomic E-state index is 11.5. The molecule has 0 aromatic rings. The van der Waals surface area contributed by atoms with Gasteiger partial charge in [-0.15, -0.1) is 0 Å². The highest BCUT2D eigenvalue weighted by molar-refractivity contribution is 5.86. The Balaban J connectivity index is 2.40. The van der Waals surface area contributed by atoms with Gasteiger partial charge < -0.3 is 20.4 Å². The number of hydrogen-bond acceptors (Lipinski definition) is 4. The van der Waals surface area contributed by atoms with Crippen molar-refractivity contribution in [3.05, 3.63) is 0 Å². The summed E-state index contributed by atoms with van der Waals surface area (Å²) in [6.45, 7) is -1.18. The molecule has 90 valence electrons. The summed E-state index contributed by atoms with van der Waals surface area (Å²) in [5.41, 5.74) is 0. The summed E-state index contributed by atoms with van der Waals surface area (Å²) in [6.07, 6.45) is 2.01. The molecule has 16 heavy (non-hydrogen) atoms. The van der Waals surface area contributed by atoms with Crippen LogP contribution in [0.5, 0.6) is 0 Å². The van der Waals surface area contributed by atoms with Gasteiger partial charge in [-0.25, -0.2) is 0 Å². The fourth-order valence-electron chi connectivity index (χ4n) is 1.19. The van der Waals surface area contributed by atoms with Crippen molar-refractivity contribution in [2.75, 3.05) is 19.6 Å². The number of carboxylic acids is 2. The zero-order valence-corrected chi connectivity index (χ0v) is 8.68. The van der Waals surface area contributed by atoms with Crippen LogP contribution in [0.2, 0.25) is 0 Å². The van der Waals surface area contributed by atoms with Crippen LogP contribution in [0.25, 0.3) is 0 Å². The molecular weight excluding hydrogens is 216 g/mol. The molecular formula is C9H14N2O5. The predicted octanol–water partition coefficient (Wildman–Crippen LogP) is -1.26. The zero-order valence-electron chi connectivity index (χ0n) is 8.68. The number of carboxylic acid groups (broad SMARTS) is 2. The summed E-state index contributed by atoms with van der Waals surface area (Å²) in [5.74, 6) is -2.95. The maximum atomic E-state index is 11.5. The molecule has 3 N–H and O–H groups in total. The Morgan fingerprint density at radius 1 is 1.12 bits per heavy atom. The van der Waals surface area contributed by atoms with Crippen LogP contribution >= 0.6 is 0 Å². The molecule has 0 spiro atoms. The van der Waals surface area contributed by atoms with Crippen molar-refractivity contribution in [2.24, 2.45) is 0 Å². The number of hydrogen-bond donors (Lipinski definition) is 3. The van der Waals surface area contributed by atoms with Crippen LogP contribution in [0.15, 0.2) is 0 Å². The molecule has 1 aliphatic rings. The highest BCUT2D eigenvalue weighted by Crippen LogP contribution is 2.18. The van der Waals surface area contributed by atoms with Crippen molar-refractivity contribution in [1.29, 1.82) is 0 Å². The van der Waals surface area contributed by atoms with Gasteiger partial charge in [0.2, 0.25) is 5.91 Å². The monoisotopic (exact) mass is 230 g/mol. The van der Waals surface area contributed by atoms with Gasteiger partial charge in [0, 0.05) is 6.04 Å². The van der Waals surface area contributed by atoms with E-state index in [1.54, 1.807) is 0 Å². The lowest BCUT2D eigenvalue weighted by atomic mass is 10.4. The smallest absolute Gasteiger partial charge is 0.323 e. The molecule has 7 heteroatoms. The third-order valence-corrected chi connectivity index (χ3v) is 2.12. The Kier molecular flexibility index (Phi) is 4.24. The van der Waals surface area contributed by atoms with E-state index in [4.69, 9.17) is 10.2 Å². The number of rotatable bonds is 7. The Hall–Kier alpha value is -1.63. The molecule has 1 saturated carbocycles. The van der Waals surface area contributed by atoms with Crippen molar-refractivity contribution >= 4 is 17.8 Å². The number of nitrogens with one attached hydrogen (secondary N) is 1. The summed E-state index contributed by atoms with van der Waals surface area (Å²) in [4.78, 5) is 33.2. The predicted molar refractivity (Wildman–Crippen MR) is 52.9 cm³/mol. The van der Waals surface area contributed by atoms with Gasteiger partial charge in [-0.05, 0) is 12.8 Å². The first-order valence-electron chi connectivity index (χ1n) is 4.94. The summed E-state index contributed by atoms with van der Waals surface area (Å²) in [7, 11) is 0. The minimum Gasteiger partial charge on any atom is -0.480 e. The molecule has 1 aliphatic carbocycles. The summed E-state index contributed by atoms with van der Waals surface area (Å²) in [5, 5.41) is 20.0. The van der Waals surface area contributed by atoms with Gasteiger partial charge in [0.25, 0.3) is 0 Å². The second-order valence-corrected chi connectivity index (χ2v) is 3.69. The molecule has 0 atom stereocenters. The lowest BCUT2D eigenvalue weighted by Crippen LogP contribution is -2.44. The summed E-state index contributed by atoms with van der Waals surface area (Å²) >= 11 is 0. The number of carbonyl (C=O) groups is 3. The van der Waals surface area contributed by atoms with E-state index >= 15 is 0 Å². The molecule has 0 bridgehead atoms. The van der Waals surface area contributed by atoms with Crippen molar-refractivity contribution in [1.82, 2.24) is 10.2 Å². The van der Waals surface area contributed by atoms with Crippen molar-refractivity contribution in [3.63, 3.8) is 0 Å². The molecule has 0 heterocycles. The largest absolute Gasteiger partial charge is 0.480 e. The molecule has 0 radical (unpaired) electrons. The highest BCUT2D eigenvalue weighted by Gasteiger charge is 2.24. The quantitative estimate of drug-likeness (QED) is 0.503. The average molecular weight is 230 g/mol. The lowest BCUT2D eigenvalue weighted by Gasteiger charge is -2.18. The van der Waals surface area contributed by atoms with Gasteiger partial charge in [0.05, 0.1) is 6.54 Å². The van der Waals surface area contributed by atoms with E-state index in [-0.39, 0.29) is 6.54 Å². The van der Waals surface area contributed by atoms with Crippen molar-refractivity contribution in [3.8, 4) is 0 Å². The van der Waals surface area contributed by atoms with E-state index in [0.717, 1.165) is 17.7 Å². The molecule has 1 amide bonds. The molecule has 7 nitrogen and oxygen atoms in total. The van der Waals surface area contributed by atoms with Crippen LogP contribution in [0.1, 0.15) is 12.8 Å². The Bertz CT molecular complexity index is 284. The first-order chi connectivity index (χ1) is 7.49. The Morgan fingerprint density at radius 2 is 1.62 bits per heavy atom. The number of nitrogens with zero attached hydrogens (tertiary/aromatic N) is 1. The van der Waals surface area contributed by atoms with Crippen LogP contribution in [-0.2, 0) is 14.4 Å². The maximum Gasteiger partial charge on any atom is 0.323 e. The van der Waals surface area contributed by atoms with Crippen LogP contribution in [-0.4, -0.2) is 58.6 Å². The van der Waals surface area contributed by atoms with Crippen LogP contribution in [0, 0.1) is 0 Å². The zero-order chi connectivity index (χ0) is 12.1. The van der Waals surface area contributed by atoms with Gasteiger partial charge in [-0.1, -0.05) is 0 Å². The topological polar surface area (TPSA) is 107 Å². The highest BCUT2D eigenvalue weighted by atomic mass is 16.4. The average Bonchev–Trinajstić information content (AvgIpc) is 2.95. The first kappa shape index (κ1) is 12.4. The second-order valence-electron chi connectivity index (χ2n) is 3.69. The fraction of sp³-hybridized carbons (Fsp3) is 0.667. The standard InChI is InChI=1S/C9H14N2O5/c12-7(3-10-6-1-2-6)11(4-8(13)14)5-9(15)16/h6,10H,1-5H2,(H,13,14)(H,15,16). The van der Waals surface area contributed by atoms with Gasteiger partial charge in [-0.3, -0.25) is 14.4 Å². The minimum absolute atomic E-state index is 0.00870. The van der Waals surface area contributed by atoms with Gasteiger partial charge in [-0.2, -0.15) is 0 Å². The number of amides is 1. The number of carbonyl (C=O) groups excluding carboxylic acids is 1. The fourth-order valence-corrected chi connectivity index (χ4v) is 1.19. The molecule has 1 rings (SSSR count). The molecule has 0 saturated heterocycles. The third-order valence-electron chi connectivity index (χ3n) is 2.12. The minimum atomic E-state index is -1.22. The van der Waals surface area contributed by atoms with E-state index in [1.165, 1.54) is 0 Å². The van der Waals surface area contributed by atoms with Crippen LogP contribution < -0.4 is 5.32 Å². The molecule has 0 aromatic carbocycles. The normalized spacial score (nSPS) is 14.5. The third kappa shape index (κ3) is 4.74. The van der Waals surface area contributed by atoms with Gasteiger partial charge in [0.1, 0.15) is 13.1 Å². The van der Waals surface area contributed by atoms with E-state index in [9.17, 15) is 14.4 Å². The Labute approximate surface area is 92.0 Å². The van der Waals surface area contributed by atoms with Crippen LogP contribution in [0.3, 0.4) is 0 Å². The van der Waals surface area contributed by atoms with E-state index in [2.05, 4.69) is 5.32 Å². The van der Waals surface area contributed by atoms with Crippen LogP contribution in [0.4, 0.5) is 0 Å². The van der Waals surface area contributed by atoms with E-state index in [0.29, 0.717) is 6.04 Å². The van der Waals surface area contributed by atoms with E-state index in [1.807, 2.05) is 0 Å². The lowest BCUT2D eigenvalue weighted by molar-refractivity contribution is -0.149. The summed E-state index contributed by atoms with van der Waals surface area (Å²) in [6, 6.07) is 0.320. The molecule has 1 fully saturated rings. The molecule has 0 unspecified atom stereocenters. The Morgan fingerprint density at radius 3 is 2.00 bits per heavy atom. The SMILES string of the molecule is O=C(O)CN(CC(=O)O)C(=O)CNC1CC1.